The number of hydrogen-bond donors (Lipinski definition) is 5. The maximum atomic E-state index is 13.6. The Morgan fingerprint density at radius 1 is 1.00 bits per heavy atom. The van der Waals surface area contributed by atoms with Gasteiger partial charge >= 0.3 is 6.03 Å². The number of carbonyl (C=O) groups excluding carboxylic acids is 2. The number of phenols is 1. The highest BCUT2D eigenvalue weighted by Crippen LogP contribution is 2.29. The highest BCUT2D eigenvalue weighted by Gasteiger charge is 2.19. The number of nitrogens with one attached hydrogen (secondary N) is 3. The first kappa shape index (κ1) is 40.5. The number of hydrogen-bond acceptors (Lipinski definition) is 8. The van der Waals surface area contributed by atoms with E-state index in [4.69, 9.17) is 38.4 Å². The Morgan fingerprint density at radius 2 is 1.72 bits per heavy atom. The van der Waals surface area contributed by atoms with Gasteiger partial charge in [-0.1, -0.05) is 74.3 Å². The molecule has 1 aromatic heterocycles. The number of urea groups is 1. The molecule has 0 spiro atoms. The minimum Gasteiger partial charge on any atom is -0.506 e. The van der Waals surface area contributed by atoms with E-state index in [9.17, 15) is 19.5 Å². The van der Waals surface area contributed by atoms with Crippen molar-refractivity contribution in [1.29, 1.82) is 0 Å². The Morgan fingerprint density at radius 3 is 2.40 bits per heavy atom. The molecule has 0 saturated carbocycles. The van der Waals surface area contributed by atoms with Gasteiger partial charge in [0.05, 0.1) is 23.0 Å². The van der Waals surface area contributed by atoms with Crippen molar-refractivity contribution in [3.63, 3.8) is 0 Å². The fourth-order valence-corrected chi connectivity index (χ4v) is 5.34. The zero-order valence-corrected chi connectivity index (χ0v) is 32.0. The standard InChI is InChI=1S/C39H44Cl2N6O6/c1-23-11-12-25(36(49)43-15-16-52-6)18-30(23)47-24(2)17-32(35(41)37(47)50)53-22-27-10-8-7-9-26(27)21-44-38(51)46-34(20-33(42)39(3,4)5)45-28-13-14-31(48)29(40)19-28/h7-14,17-20,48H,15-16,21-22,42H2,1-6H3,(H,43,49)(H2,44,45,46,51). The number of carbonyl (C=O) groups is 2. The number of allylic oxidation sites excluding steroid dienone is 1. The Balaban J connectivity index is 1.50. The summed E-state index contributed by atoms with van der Waals surface area (Å²) in [5.74, 6) is -0.0266. The predicted octanol–water partition coefficient (Wildman–Crippen LogP) is 6.84. The molecule has 0 aliphatic rings. The molecule has 1 heterocycles. The van der Waals surface area contributed by atoms with Crippen LogP contribution in [0.5, 0.6) is 11.5 Å². The number of methoxy groups -OCH3 is 1. The van der Waals surface area contributed by atoms with Crippen LogP contribution in [0.1, 0.15) is 53.5 Å². The van der Waals surface area contributed by atoms with E-state index in [0.29, 0.717) is 41.5 Å². The maximum Gasteiger partial charge on any atom is 0.320 e. The van der Waals surface area contributed by atoms with Crippen molar-refractivity contribution in [3.05, 3.63) is 127 Å². The summed E-state index contributed by atoms with van der Waals surface area (Å²) in [5.41, 5.74) is 10.0. The zero-order chi connectivity index (χ0) is 38.9. The fraction of sp³-hybridized carbons (Fsp3) is 0.282. The average molecular weight is 764 g/mol. The number of nitrogens with zero attached hydrogens (tertiary/aromatic N) is 2. The Kier molecular flexibility index (Phi) is 13.7. The van der Waals surface area contributed by atoms with Gasteiger partial charge in [0.1, 0.15) is 29.0 Å². The lowest BCUT2D eigenvalue weighted by molar-refractivity contribution is 0.0937. The SMILES string of the molecule is COCCNC(=O)c1ccc(C)c(-n2c(C)cc(OCc3ccccc3CNC(=O)NC(C=C(N)C(C)(C)C)=Nc3ccc(O)c(Cl)c3)c(Cl)c2=O)c1. The predicted molar refractivity (Wildman–Crippen MR) is 209 cm³/mol. The van der Waals surface area contributed by atoms with Gasteiger partial charge in [0.25, 0.3) is 11.5 Å². The molecule has 53 heavy (non-hydrogen) atoms. The third-order valence-corrected chi connectivity index (χ3v) is 8.78. The number of ether oxygens (including phenoxy) is 2. The minimum absolute atomic E-state index is 0.0530. The lowest BCUT2D eigenvalue weighted by Gasteiger charge is -2.19. The van der Waals surface area contributed by atoms with Gasteiger partial charge in [-0.15, -0.1) is 0 Å². The first-order chi connectivity index (χ1) is 25.1. The number of rotatable bonds is 12. The van der Waals surface area contributed by atoms with Crippen molar-refractivity contribution < 1.29 is 24.2 Å². The molecule has 0 saturated heterocycles. The van der Waals surface area contributed by atoms with E-state index in [0.717, 1.165) is 16.7 Å². The number of pyridine rings is 1. The first-order valence-electron chi connectivity index (χ1n) is 16.7. The topological polar surface area (TPSA) is 169 Å². The summed E-state index contributed by atoms with van der Waals surface area (Å²) < 4.78 is 12.5. The van der Waals surface area contributed by atoms with Gasteiger partial charge in [0, 0.05) is 54.7 Å². The summed E-state index contributed by atoms with van der Waals surface area (Å²) in [6.07, 6.45) is 1.57. The number of aromatic nitrogens is 1. The Hall–Kier alpha value is -5.30. The van der Waals surface area contributed by atoms with E-state index in [-0.39, 0.29) is 46.4 Å². The molecule has 0 aliphatic heterocycles. The summed E-state index contributed by atoms with van der Waals surface area (Å²) in [6, 6.07) is 18.0. The van der Waals surface area contributed by atoms with Gasteiger partial charge in [-0.2, -0.15) is 0 Å². The Bertz CT molecular complexity index is 2110. The second kappa shape index (κ2) is 18.0. The van der Waals surface area contributed by atoms with Crippen LogP contribution in [-0.4, -0.2) is 47.7 Å². The molecular weight excluding hydrogens is 719 g/mol. The van der Waals surface area contributed by atoms with Crippen LogP contribution in [0.15, 0.2) is 88.3 Å². The van der Waals surface area contributed by atoms with E-state index in [1.807, 2.05) is 52.0 Å². The van der Waals surface area contributed by atoms with Crippen LogP contribution in [-0.2, 0) is 17.9 Å². The van der Waals surface area contributed by atoms with Gasteiger partial charge in [0.15, 0.2) is 0 Å². The number of halogens is 2. The highest BCUT2D eigenvalue weighted by atomic mass is 35.5. The molecule has 280 valence electrons. The monoisotopic (exact) mass is 762 g/mol. The van der Waals surface area contributed by atoms with Crippen molar-refractivity contribution in [2.24, 2.45) is 16.1 Å². The number of phenolic OH excluding ortho intramolecular Hbond substituents is 1. The van der Waals surface area contributed by atoms with E-state index in [1.54, 1.807) is 50.4 Å². The van der Waals surface area contributed by atoms with Crippen molar-refractivity contribution in [1.82, 2.24) is 20.5 Å². The van der Waals surface area contributed by atoms with E-state index < -0.39 is 17.0 Å². The third kappa shape index (κ3) is 10.9. The smallest absolute Gasteiger partial charge is 0.320 e. The van der Waals surface area contributed by atoms with Gasteiger partial charge < -0.3 is 30.9 Å². The van der Waals surface area contributed by atoms with Crippen LogP contribution in [0.4, 0.5) is 10.5 Å². The molecule has 0 bridgehead atoms. The second-order valence-electron chi connectivity index (χ2n) is 13.2. The number of benzene rings is 3. The van der Waals surface area contributed by atoms with Crippen molar-refractivity contribution in [2.75, 3.05) is 20.3 Å². The maximum absolute atomic E-state index is 13.6. The number of amides is 3. The lowest BCUT2D eigenvalue weighted by Crippen LogP contribution is -2.39. The molecule has 0 atom stereocenters. The summed E-state index contributed by atoms with van der Waals surface area (Å²) in [7, 11) is 1.55. The third-order valence-electron chi connectivity index (χ3n) is 8.13. The Labute approximate surface area is 318 Å². The second-order valence-corrected chi connectivity index (χ2v) is 14.0. The van der Waals surface area contributed by atoms with Gasteiger partial charge in [-0.05, 0) is 60.9 Å². The number of nitrogens with two attached hydrogens (primary N) is 1. The van der Waals surface area contributed by atoms with Gasteiger partial charge in [0.2, 0.25) is 0 Å². The van der Waals surface area contributed by atoms with Crippen molar-refractivity contribution in [3.8, 4) is 17.2 Å². The normalized spacial score (nSPS) is 12.0. The molecule has 3 aromatic carbocycles. The molecule has 12 nitrogen and oxygen atoms in total. The molecule has 4 rings (SSSR count). The lowest BCUT2D eigenvalue weighted by atomic mass is 9.92. The van der Waals surface area contributed by atoms with E-state index >= 15 is 0 Å². The molecule has 3 amide bonds. The minimum atomic E-state index is -0.545. The molecule has 4 aromatic rings. The molecule has 0 radical (unpaired) electrons. The van der Waals surface area contributed by atoms with E-state index in [2.05, 4.69) is 20.9 Å². The van der Waals surface area contributed by atoms with Crippen LogP contribution in [0.3, 0.4) is 0 Å². The number of aliphatic imine (C=N–C) groups is 1. The van der Waals surface area contributed by atoms with Crippen LogP contribution in [0, 0.1) is 19.3 Å². The number of aryl methyl sites for hydroxylation is 2. The van der Waals surface area contributed by atoms with Crippen LogP contribution in [0.25, 0.3) is 5.69 Å². The molecule has 0 unspecified atom stereocenters. The molecular formula is C39H44Cl2N6O6. The molecule has 0 fully saturated rings. The van der Waals surface area contributed by atoms with Crippen LogP contribution in [0.2, 0.25) is 10.0 Å². The number of aromatic hydroxyl groups is 1. The fourth-order valence-electron chi connectivity index (χ4n) is 4.97. The number of amidine groups is 1. The van der Waals surface area contributed by atoms with Crippen LogP contribution >= 0.6 is 23.2 Å². The van der Waals surface area contributed by atoms with Crippen molar-refractivity contribution in [2.45, 2.75) is 47.8 Å². The van der Waals surface area contributed by atoms with Crippen molar-refractivity contribution >= 4 is 46.7 Å². The molecule has 0 aliphatic carbocycles. The first-order valence-corrected chi connectivity index (χ1v) is 17.4. The van der Waals surface area contributed by atoms with Gasteiger partial charge in [-0.3, -0.25) is 19.5 Å². The molecule has 14 heteroatoms. The molecule has 6 N–H and O–H groups in total. The van der Waals surface area contributed by atoms with Crippen LogP contribution < -0.4 is 32.0 Å². The van der Waals surface area contributed by atoms with E-state index in [1.165, 1.54) is 16.7 Å². The summed E-state index contributed by atoms with van der Waals surface area (Å²) in [4.78, 5) is 43.9. The summed E-state index contributed by atoms with van der Waals surface area (Å²) >= 11 is 12.7. The average Bonchev–Trinajstić information content (AvgIpc) is 3.10. The summed E-state index contributed by atoms with van der Waals surface area (Å²) in [6.45, 7) is 10.3. The quantitative estimate of drug-likeness (QED) is 0.0598. The van der Waals surface area contributed by atoms with Gasteiger partial charge in [-0.25, -0.2) is 9.79 Å². The largest absolute Gasteiger partial charge is 0.506 e. The highest BCUT2D eigenvalue weighted by molar-refractivity contribution is 6.32. The zero-order valence-electron chi connectivity index (χ0n) is 30.5. The summed E-state index contributed by atoms with van der Waals surface area (Å²) in [5, 5.41) is 18.1.